The molecule has 5 aromatic rings. The number of aliphatic hydroxyl groups is 1. The average Bonchev–Trinajstić information content (AvgIpc) is 3.58. The van der Waals surface area contributed by atoms with Crippen molar-refractivity contribution in [3.63, 3.8) is 0 Å². The third-order valence-electron chi connectivity index (χ3n) is 7.77. The van der Waals surface area contributed by atoms with Gasteiger partial charge in [0.25, 0.3) is 11.5 Å². The highest BCUT2D eigenvalue weighted by molar-refractivity contribution is 6.04. The molecule has 43 heavy (non-hydrogen) atoms. The maximum absolute atomic E-state index is 15.2. The molecule has 0 saturated heterocycles. The molecule has 1 amide bonds. The highest BCUT2D eigenvalue weighted by Gasteiger charge is 2.39. The van der Waals surface area contributed by atoms with Gasteiger partial charge in [0.2, 0.25) is 0 Å². The monoisotopic (exact) mass is 587 g/mol. The van der Waals surface area contributed by atoms with Crippen LogP contribution in [0, 0.1) is 17.6 Å². The number of aromatic amines is 1. The van der Waals surface area contributed by atoms with Gasteiger partial charge in [0, 0.05) is 48.3 Å². The number of hydrogen-bond acceptors (Lipinski definition) is 8. The number of hydrogen-bond donors (Lipinski definition) is 4. The Hall–Kier alpha value is -5.17. The predicted molar refractivity (Wildman–Crippen MR) is 155 cm³/mol. The number of pyridine rings is 1. The van der Waals surface area contributed by atoms with Gasteiger partial charge in [0.1, 0.15) is 22.5 Å². The number of aromatic nitrogens is 5. The summed E-state index contributed by atoms with van der Waals surface area (Å²) >= 11 is 0. The zero-order valence-electron chi connectivity index (χ0n) is 23.0. The van der Waals surface area contributed by atoms with Crippen LogP contribution in [-0.4, -0.2) is 48.1 Å². The van der Waals surface area contributed by atoms with E-state index < -0.39 is 23.1 Å². The fraction of sp³-hybridized carbons (Fsp3) is 0.233. The van der Waals surface area contributed by atoms with E-state index in [4.69, 9.17) is 4.74 Å². The lowest BCUT2D eigenvalue weighted by molar-refractivity contribution is 0.102. The summed E-state index contributed by atoms with van der Waals surface area (Å²) in [7, 11) is 0. The van der Waals surface area contributed by atoms with Gasteiger partial charge < -0.3 is 20.5 Å². The van der Waals surface area contributed by atoms with Crippen LogP contribution in [0.4, 0.5) is 20.3 Å². The zero-order valence-corrected chi connectivity index (χ0v) is 23.0. The van der Waals surface area contributed by atoms with Crippen LogP contribution in [0.2, 0.25) is 0 Å². The van der Waals surface area contributed by atoms with E-state index in [2.05, 4.69) is 30.9 Å². The summed E-state index contributed by atoms with van der Waals surface area (Å²) in [5.41, 5.74) is -0.537. The smallest absolute Gasteiger partial charge is 0.284 e. The van der Waals surface area contributed by atoms with E-state index in [1.165, 1.54) is 54.9 Å². The Labute approximate surface area is 243 Å². The Morgan fingerprint density at radius 2 is 1.95 bits per heavy atom. The number of aliphatic hydroxyl groups excluding tert-OH is 1. The second-order valence-electron chi connectivity index (χ2n) is 10.6. The fourth-order valence-electron chi connectivity index (χ4n) is 5.39. The summed E-state index contributed by atoms with van der Waals surface area (Å²) < 4.78 is 35.4. The molecule has 1 saturated carbocycles. The molecule has 4 N–H and O–H groups in total. The van der Waals surface area contributed by atoms with E-state index in [1.54, 1.807) is 6.07 Å². The van der Waals surface area contributed by atoms with Crippen molar-refractivity contribution in [2.75, 3.05) is 17.2 Å². The quantitative estimate of drug-likeness (QED) is 0.203. The van der Waals surface area contributed by atoms with Crippen LogP contribution in [0.15, 0.2) is 71.8 Å². The van der Waals surface area contributed by atoms with Crippen molar-refractivity contribution in [3.05, 3.63) is 94.5 Å². The van der Waals surface area contributed by atoms with Crippen molar-refractivity contribution in [2.24, 2.45) is 5.92 Å². The standard InChI is InChI=1S/C30H27F2N7O4/c1-30(12-2-3-17(30)16-40)36-27-25-24(11-13-33-26(25)37-38-27)43-23-9-6-19(15-22(23)32)35-28(41)21-10-14-34-39(29(21)42)20-7-4-18(31)5-8-20/h4-11,13-15,17,40H,2-3,12,16H2,1H3,(H,35,41)(H2,33,36,37,38)/t17-,30-/m0/s1. The minimum atomic E-state index is -0.775. The highest BCUT2D eigenvalue weighted by Crippen LogP contribution is 2.41. The van der Waals surface area contributed by atoms with Crippen molar-refractivity contribution in [2.45, 2.75) is 31.7 Å². The lowest BCUT2D eigenvalue weighted by Gasteiger charge is -2.32. The third-order valence-corrected chi connectivity index (χ3v) is 7.77. The molecule has 1 fully saturated rings. The van der Waals surface area contributed by atoms with Crippen molar-refractivity contribution in [1.82, 2.24) is 25.0 Å². The van der Waals surface area contributed by atoms with E-state index in [9.17, 15) is 19.1 Å². The normalized spacial score (nSPS) is 18.1. The van der Waals surface area contributed by atoms with E-state index in [0.717, 1.165) is 30.0 Å². The minimum absolute atomic E-state index is 0.0487. The number of benzene rings is 2. The second kappa shape index (κ2) is 11.2. The first-order valence-electron chi connectivity index (χ1n) is 13.6. The molecule has 13 heteroatoms. The number of H-pyrrole nitrogens is 1. The van der Waals surface area contributed by atoms with Crippen molar-refractivity contribution in [3.8, 4) is 17.2 Å². The fourth-order valence-corrected chi connectivity index (χ4v) is 5.39. The second-order valence-corrected chi connectivity index (χ2v) is 10.6. The Balaban J connectivity index is 1.22. The van der Waals surface area contributed by atoms with Gasteiger partial charge in [0.15, 0.2) is 23.0 Å². The van der Waals surface area contributed by atoms with Gasteiger partial charge in [-0.05, 0) is 62.2 Å². The number of anilines is 2. The van der Waals surface area contributed by atoms with Gasteiger partial charge in [-0.15, -0.1) is 0 Å². The van der Waals surface area contributed by atoms with Crippen LogP contribution in [0.3, 0.4) is 0 Å². The van der Waals surface area contributed by atoms with E-state index >= 15 is 4.39 Å². The number of carbonyl (C=O) groups is 1. The van der Waals surface area contributed by atoms with Crippen molar-refractivity contribution in [1.29, 1.82) is 0 Å². The Kier molecular flexibility index (Phi) is 7.32. The van der Waals surface area contributed by atoms with Gasteiger partial charge >= 0.3 is 0 Å². The number of halogens is 2. The molecule has 2 aromatic carbocycles. The maximum atomic E-state index is 15.2. The number of carbonyl (C=O) groups excluding carboxylic acids is 1. The molecule has 3 heterocycles. The number of rotatable bonds is 8. The van der Waals surface area contributed by atoms with Gasteiger partial charge in [-0.3, -0.25) is 14.7 Å². The lowest BCUT2D eigenvalue weighted by atomic mass is 9.89. The molecular weight excluding hydrogens is 560 g/mol. The van der Waals surface area contributed by atoms with Gasteiger partial charge in [-0.25, -0.2) is 13.8 Å². The molecule has 0 radical (unpaired) electrons. The average molecular weight is 588 g/mol. The first-order chi connectivity index (χ1) is 20.8. The number of nitrogens with one attached hydrogen (secondary N) is 3. The first-order valence-corrected chi connectivity index (χ1v) is 13.6. The maximum Gasteiger partial charge on any atom is 0.284 e. The van der Waals surface area contributed by atoms with Crippen molar-refractivity contribution < 1.29 is 23.4 Å². The molecule has 0 bridgehead atoms. The van der Waals surface area contributed by atoms with Crippen LogP contribution in [0.1, 0.15) is 36.5 Å². The van der Waals surface area contributed by atoms with Crippen LogP contribution in [0.25, 0.3) is 16.7 Å². The van der Waals surface area contributed by atoms with Crippen molar-refractivity contribution >= 4 is 28.4 Å². The van der Waals surface area contributed by atoms with Gasteiger partial charge in [-0.2, -0.15) is 14.9 Å². The molecule has 1 aliphatic rings. The SMILES string of the molecule is C[C@]1(Nc2n[nH]c3nccc(Oc4ccc(NC(=O)c5ccnn(-c6ccc(F)cc6)c5=O)cc4F)c23)CCC[C@H]1CO. The van der Waals surface area contributed by atoms with Crippen LogP contribution in [0.5, 0.6) is 11.5 Å². The van der Waals surface area contributed by atoms with Crippen LogP contribution < -0.4 is 20.9 Å². The molecule has 6 rings (SSSR count). The summed E-state index contributed by atoms with van der Waals surface area (Å²) in [5.74, 6) is -1.29. The Morgan fingerprint density at radius 1 is 1.14 bits per heavy atom. The topological polar surface area (TPSA) is 147 Å². The Morgan fingerprint density at radius 3 is 2.72 bits per heavy atom. The minimum Gasteiger partial charge on any atom is -0.453 e. The molecule has 2 atom stereocenters. The number of ether oxygens (including phenoxy) is 1. The molecule has 0 spiro atoms. The lowest BCUT2D eigenvalue weighted by Crippen LogP contribution is -2.40. The summed E-state index contributed by atoms with van der Waals surface area (Å²) in [6.45, 7) is 2.09. The third kappa shape index (κ3) is 5.42. The molecule has 3 aromatic heterocycles. The van der Waals surface area contributed by atoms with E-state index in [1.807, 2.05) is 6.92 Å². The molecule has 0 unspecified atom stereocenters. The van der Waals surface area contributed by atoms with Gasteiger partial charge in [-0.1, -0.05) is 6.42 Å². The highest BCUT2D eigenvalue weighted by atomic mass is 19.1. The van der Waals surface area contributed by atoms with Gasteiger partial charge in [0.05, 0.1) is 5.69 Å². The Bertz CT molecular complexity index is 1880. The number of nitrogens with zero attached hydrogens (tertiary/aromatic N) is 4. The summed E-state index contributed by atoms with van der Waals surface area (Å²) in [5, 5.41) is 27.5. The molecule has 1 aliphatic carbocycles. The van der Waals surface area contributed by atoms with Crippen LogP contribution in [-0.2, 0) is 0 Å². The molecular formula is C30H27F2N7O4. The number of amides is 1. The van der Waals surface area contributed by atoms with Crippen LogP contribution >= 0.6 is 0 Å². The first kappa shape index (κ1) is 28.0. The molecule has 220 valence electrons. The largest absolute Gasteiger partial charge is 0.453 e. The zero-order chi connectivity index (χ0) is 30.1. The number of fused-ring (bicyclic) bond motifs is 1. The summed E-state index contributed by atoms with van der Waals surface area (Å²) in [6.07, 6.45) is 5.49. The predicted octanol–water partition coefficient (Wildman–Crippen LogP) is 4.79. The van der Waals surface area contributed by atoms with E-state index in [0.29, 0.717) is 22.6 Å². The summed E-state index contributed by atoms with van der Waals surface area (Å²) in [4.78, 5) is 30.1. The van der Waals surface area contributed by atoms with E-state index in [-0.39, 0.29) is 40.8 Å². The molecule has 0 aliphatic heterocycles. The summed E-state index contributed by atoms with van der Waals surface area (Å²) in [6, 6.07) is 11.8. The molecule has 11 nitrogen and oxygen atoms in total.